The normalized spacial score (nSPS) is 25.5. The fourth-order valence-electron chi connectivity index (χ4n) is 1.39. The second-order valence-corrected chi connectivity index (χ2v) is 3.23. The third kappa shape index (κ3) is 1.57. The van der Waals surface area contributed by atoms with Gasteiger partial charge in [-0.15, -0.1) is 0 Å². The molecule has 10 heavy (non-hydrogen) atoms. The molecule has 1 aliphatic heterocycles. The lowest BCUT2D eigenvalue weighted by Crippen LogP contribution is -2.15. The van der Waals surface area contributed by atoms with Crippen molar-refractivity contribution in [3.63, 3.8) is 0 Å². The van der Waals surface area contributed by atoms with E-state index in [1.807, 2.05) is 0 Å². The Kier molecular flexibility index (Phi) is 2.44. The van der Waals surface area contributed by atoms with Crippen molar-refractivity contribution in [1.29, 1.82) is 0 Å². The maximum absolute atomic E-state index is 8.83. The second-order valence-electron chi connectivity index (χ2n) is 3.23. The van der Waals surface area contributed by atoms with Crippen molar-refractivity contribution in [2.24, 2.45) is 5.92 Å². The van der Waals surface area contributed by atoms with Crippen LogP contribution in [0.1, 0.15) is 20.3 Å². The number of hydrogen-bond acceptors (Lipinski definition) is 1. The Morgan fingerprint density at radius 3 is 2.60 bits per heavy atom. The third-order valence-electron chi connectivity index (χ3n) is 2.18. The molecule has 2 heteroatoms. The summed E-state index contributed by atoms with van der Waals surface area (Å²) in [7, 11) is 0. The zero-order chi connectivity index (χ0) is 7.56. The molecule has 1 fully saturated rings. The van der Waals surface area contributed by atoms with Crippen molar-refractivity contribution < 1.29 is 9.68 Å². The van der Waals surface area contributed by atoms with Gasteiger partial charge in [-0.05, 0) is 0 Å². The Morgan fingerprint density at radius 1 is 1.60 bits per heavy atom. The summed E-state index contributed by atoms with van der Waals surface area (Å²) in [4.78, 5) is 0. The van der Waals surface area contributed by atoms with Crippen LogP contribution < -0.4 is 0 Å². The van der Waals surface area contributed by atoms with E-state index in [9.17, 15) is 0 Å². The Labute approximate surface area is 62.2 Å². The van der Waals surface area contributed by atoms with Crippen LogP contribution >= 0.6 is 0 Å². The molecule has 0 spiro atoms. The molecule has 0 aromatic rings. The molecule has 1 atom stereocenters. The highest BCUT2D eigenvalue weighted by molar-refractivity contribution is 5.73. The van der Waals surface area contributed by atoms with E-state index in [1.165, 1.54) is 5.71 Å². The monoisotopic (exact) mass is 142 g/mol. The van der Waals surface area contributed by atoms with Crippen LogP contribution in [0, 0.1) is 5.92 Å². The first-order chi connectivity index (χ1) is 4.74. The van der Waals surface area contributed by atoms with Gasteiger partial charge in [-0.25, -0.2) is 4.58 Å². The summed E-state index contributed by atoms with van der Waals surface area (Å²) in [5, 5.41) is 8.83. The van der Waals surface area contributed by atoms with Gasteiger partial charge in [-0.3, -0.25) is 0 Å². The zero-order valence-electron chi connectivity index (χ0n) is 6.80. The van der Waals surface area contributed by atoms with Gasteiger partial charge in [-0.1, -0.05) is 0 Å². The molecular formula is C8H16NO+. The molecule has 0 amide bonds. The molecule has 0 aliphatic carbocycles. The van der Waals surface area contributed by atoms with Crippen molar-refractivity contribution in [3.8, 4) is 0 Å². The van der Waals surface area contributed by atoms with Gasteiger partial charge >= 0.3 is 0 Å². The molecule has 0 aromatic carbocycles. The van der Waals surface area contributed by atoms with Crippen LogP contribution in [0.2, 0.25) is 0 Å². The number of nitrogens with zero attached hydrogens (tertiary/aromatic N) is 1. The van der Waals surface area contributed by atoms with Crippen molar-refractivity contribution in [3.05, 3.63) is 0 Å². The molecule has 1 heterocycles. The first kappa shape index (κ1) is 7.73. The average molecular weight is 142 g/mol. The molecule has 0 saturated carbocycles. The maximum atomic E-state index is 8.83. The van der Waals surface area contributed by atoms with E-state index in [-0.39, 0.29) is 0 Å². The van der Waals surface area contributed by atoms with E-state index in [4.69, 9.17) is 5.11 Å². The highest BCUT2D eigenvalue weighted by Crippen LogP contribution is 2.11. The van der Waals surface area contributed by atoms with Crippen molar-refractivity contribution >= 4 is 5.71 Å². The van der Waals surface area contributed by atoms with E-state index < -0.39 is 0 Å². The quantitative estimate of drug-likeness (QED) is 0.529. The topological polar surface area (TPSA) is 23.2 Å². The largest absolute Gasteiger partial charge is 0.396 e. The Morgan fingerprint density at radius 2 is 2.30 bits per heavy atom. The minimum atomic E-state index is 0.351. The summed E-state index contributed by atoms with van der Waals surface area (Å²) >= 11 is 0. The number of aliphatic hydroxyl groups is 1. The van der Waals surface area contributed by atoms with Crippen LogP contribution in [0.4, 0.5) is 0 Å². The minimum Gasteiger partial charge on any atom is -0.396 e. The van der Waals surface area contributed by atoms with Gasteiger partial charge in [-0.2, -0.15) is 0 Å². The molecule has 2 nitrogen and oxygen atoms in total. The molecule has 1 unspecified atom stereocenters. The summed E-state index contributed by atoms with van der Waals surface area (Å²) < 4.78 is 2.33. The van der Waals surface area contributed by atoms with Gasteiger partial charge in [0.15, 0.2) is 0 Å². The summed E-state index contributed by atoms with van der Waals surface area (Å²) in [5.74, 6) is 0.523. The third-order valence-corrected chi connectivity index (χ3v) is 2.18. The number of rotatable bonds is 1. The van der Waals surface area contributed by atoms with Crippen LogP contribution in [-0.2, 0) is 0 Å². The van der Waals surface area contributed by atoms with Crippen LogP contribution in [0.5, 0.6) is 0 Å². The highest BCUT2D eigenvalue weighted by Gasteiger charge is 2.24. The van der Waals surface area contributed by atoms with Gasteiger partial charge in [0.25, 0.3) is 0 Å². The number of aliphatic hydroxyl groups excluding tert-OH is 1. The lowest BCUT2D eigenvalue weighted by atomic mass is 10.1. The van der Waals surface area contributed by atoms with Crippen molar-refractivity contribution in [2.75, 3.05) is 19.7 Å². The van der Waals surface area contributed by atoms with Gasteiger partial charge in [0, 0.05) is 26.2 Å². The summed E-state index contributed by atoms with van der Waals surface area (Å²) in [6, 6.07) is 0. The highest BCUT2D eigenvalue weighted by atomic mass is 16.3. The van der Waals surface area contributed by atoms with Crippen molar-refractivity contribution in [2.45, 2.75) is 20.3 Å². The van der Waals surface area contributed by atoms with Crippen LogP contribution in [0.15, 0.2) is 0 Å². The summed E-state index contributed by atoms with van der Waals surface area (Å²) in [6.07, 6.45) is 1.15. The molecule has 1 saturated heterocycles. The van der Waals surface area contributed by atoms with Gasteiger partial charge in [0.05, 0.1) is 6.61 Å². The van der Waals surface area contributed by atoms with Gasteiger partial charge in [0.1, 0.15) is 18.8 Å². The second kappa shape index (κ2) is 3.15. The van der Waals surface area contributed by atoms with Gasteiger partial charge in [0.2, 0.25) is 0 Å². The summed E-state index contributed by atoms with van der Waals surface area (Å²) in [6.45, 7) is 6.79. The molecule has 1 rings (SSSR count). The molecule has 58 valence electrons. The predicted molar refractivity (Wildman–Crippen MR) is 41.5 cm³/mol. The molecule has 0 aromatic heterocycles. The van der Waals surface area contributed by atoms with E-state index in [1.54, 1.807) is 0 Å². The molecule has 0 radical (unpaired) electrons. The Balaban J connectivity index is 2.51. The average Bonchev–Trinajstić information content (AvgIpc) is 2.34. The van der Waals surface area contributed by atoms with E-state index in [0.29, 0.717) is 12.5 Å². The Hall–Kier alpha value is -0.370. The SMILES string of the molecule is CC(C)=[N+]1CCC(CO)C1. The lowest BCUT2D eigenvalue weighted by Gasteiger charge is -1.96. The number of hydrogen-bond donors (Lipinski definition) is 1. The molecule has 1 N–H and O–H groups in total. The standard InChI is InChI=1S/C8H16NO/c1-7(2)9-4-3-8(5-9)6-10/h8,10H,3-6H2,1-2H3/q+1. The fourth-order valence-corrected chi connectivity index (χ4v) is 1.39. The van der Waals surface area contributed by atoms with Crippen LogP contribution in [0.3, 0.4) is 0 Å². The van der Waals surface area contributed by atoms with E-state index >= 15 is 0 Å². The molecule has 1 aliphatic rings. The molecule has 0 bridgehead atoms. The predicted octanol–water partition coefficient (Wildman–Crippen LogP) is 0.492. The molecular weight excluding hydrogens is 126 g/mol. The lowest BCUT2D eigenvalue weighted by molar-refractivity contribution is -0.510. The first-order valence-electron chi connectivity index (χ1n) is 3.90. The minimum absolute atomic E-state index is 0.351. The van der Waals surface area contributed by atoms with Gasteiger partial charge < -0.3 is 5.11 Å². The summed E-state index contributed by atoms with van der Waals surface area (Å²) in [5.41, 5.74) is 1.37. The van der Waals surface area contributed by atoms with E-state index in [0.717, 1.165) is 19.5 Å². The smallest absolute Gasteiger partial charge is 0.148 e. The maximum Gasteiger partial charge on any atom is 0.148 e. The van der Waals surface area contributed by atoms with E-state index in [2.05, 4.69) is 18.4 Å². The van der Waals surface area contributed by atoms with Crippen LogP contribution in [-0.4, -0.2) is 35.1 Å². The first-order valence-corrected chi connectivity index (χ1v) is 3.90. The Bertz CT molecular complexity index is 147. The van der Waals surface area contributed by atoms with Crippen LogP contribution in [0.25, 0.3) is 0 Å². The zero-order valence-corrected chi connectivity index (χ0v) is 6.80. The van der Waals surface area contributed by atoms with Crippen molar-refractivity contribution in [1.82, 2.24) is 0 Å². The fraction of sp³-hybridized carbons (Fsp3) is 0.875.